The molecule has 0 aliphatic rings. The Morgan fingerprint density at radius 1 is 1.24 bits per heavy atom. The van der Waals surface area contributed by atoms with Crippen LogP contribution in [0.15, 0.2) is 24.3 Å². The highest BCUT2D eigenvalue weighted by Gasteiger charge is 2.15. The maximum absolute atomic E-state index is 11.6. The predicted molar refractivity (Wildman–Crippen MR) is 79.7 cm³/mol. The van der Waals surface area contributed by atoms with Crippen molar-refractivity contribution < 1.29 is 17.9 Å². The van der Waals surface area contributed by atoms with E-state index in [1.54, 1.807) is 30.7 Å². The number of carbonyl (C=O) groups excluding carboxylic acids is 1. The summed E-state index contributed by atoms with van der Waals surface area (Å²) in [6.07, 6.45) is -0.625. The third-order valence-electron chi connectivity index (χ3n) is 2.48. The minimum atomic E-state index is -3.94. The van der Waals surface area contributed by atoms with Gasteiger partial charge in [-0.1, -0.05) is 24.3 Å². The van der Waals surface area contributed by atoms with Crippen molar-refractivity contribution in [3.63, 3.8) is 0 Å². The van der Waals surface area contributed by atoms with Gasteiger partial charge in [-0.25, -0.2) is 9.52 Å². The zero-order valence-electron chi connectivity index (χ0n) is 12.1. The van der Waals surface area contributed by atoms with Crippen LogP contribution in [0.2, 0.25) is 0 Å². The van der Waals surface area contributed by atoms with Crippen molar-refractivity contribution in [3.05, 3.63) is 35.4 Å². The van der Waals surface area contributed by atoms with E-state index in [0.29, 0.717) is 6.54 Å². The van der Waals surface area contributed by atoms with Crippen molar-refractivity contribution in [1.29, 1.82) is 0 Å². The molecule has 8 heteroatoms. The van der Waals surface area contributed by atoms with E-state index < -0.39 is 22.4 Å². The van der Waals surface area contributed by atoms with E-state index in [2.05, 4.69) is 4.72 Å². The van der Waals surface area contributed by atoms with Crippen LogP contribution in [-0.4, -0.2) is 27.2 Å². The lowest BCUT2D eigenvalue weighted by molar-refractivity contribution is 0.121. The van der Waals surface area contributed by atoms with Gasteiger partial charge in [0.1, 0.15) is 0 Å². The maximum Gasteiger partial charge on any atom is 0.422 e. The van der Waals surface area contributed by atoms with E-state index in [1.165, 1.54) is 0 Å². The number of hydrogen-bond donors (Lipinski definition) is 3. The molecular formula is C13H21N3O4S. The topological polar surface area (TPSA) is 111 Å². The molecule has 1 aromatic rings. The maximum atomic E-state index is 11.6. The van der Waals surface area contributed by atoms with Crippen LogP contribution in [0.25, 0.3) is 0 Å². The number of amides is 1. The molecule has 0 radical (unpaired) electrons. The minimum Gasteiger partial charge on any atom is -0.446 e. The van der Waals surface area contributed by atoms with Crippen LogP contribution in [0.1, 0.15) is 25.0 Å². The van der Waals surface area contributed by atoms with Gasteiger partial charge in [-0.15, -0.1) is 0 Å². The minimum absolute atomic E-state index is 0.0766. The average molecular weight is 315 g/mol. The summed E-state index contributed by atoms with van der Waals surface area (Å²) < 4.78 is 32.0. The molecule has 0 heterocycles. The first-order valence-corrected chi connectivity index (χ1v) is 8.06. The van der Waals surface area contributed by atoms with Crippen molar-refractivity contribution in [2.24, 2.45) is 5.73 Å². The van der Waals surface area contributed by atoms with Crippen LogP contribution in [0, 0.1) is 0 Å². The highest BCUT2D eigenvalue weighted by atomic mass is 32.2. The number of nitrogens with two attached hydrogens (primary N) is 1. The first-order valence-electron chi connectivity index (χ1n) is 6.58. The molecule has 1 rings (SSSR count). The highest BCUT2D eigenvalue weighted by molar-refractivity contribution is 7.88. The zero-order valence-corrected chi connectivity index (χ0v) is 12.9. The first-order chi connectivity index (χ1) is 9.82. The lowest BCUT2D eigenvalue weighted by Gasteiger charge is -2.11. The molecule has 0 aliphatic heterocycles. The van der Waals surface area contributed by atoms with Crippen molar-refractivity contribution in [2.75, 3.05) is 6.54 Å². The van der Waals surface area contributed by atoms with Gasteiger partial charge >= 0.3 is 16.3 Å². The van der Waals surface area contributed by atoms with Crippen LogP contribution in [0.5, 0.6) is 0 Å². The van der Waals surface area contributed by atoms with Crippen LogP contribution in [-0.2, 0) is 27.9 Å². The molecule has 0 aromatic heterocycles. The van der Waals surface area contributed by atoms with Crippen molar-refractivity contribution >= 4 is 16.3 Å². The monoisotopic (exact) mass is 315 g/mol. The number of nitrogens with one attached hydrogen (secondary N) is 2. The second kappa shape index (κ2) is 7.96. The Balaban J connectivity index is 2.51. The fraction of sp³-hybridized carbons (Fsp3) is 0.462. The first kappa shape index (κ1) is 17.4. The largest absolute Gasteiger partial charge is 0.446 e. The van der Waals surface area contributed by atoms with Gasteiger partial charge in [0.05, 0.1) is 6.10 Å². The molecule has 7 nitrogen and oxygen atoms in total. The Bertz CT molecular complexity index is 555. The Morgan fingerprint density at radius 3 is 2.33 bits per heavy atom. The highest BCUT2D eigenvalue weighted by Crippen LogP contribution is 2.05. The molecule has 0 aliphatic carbocycles. The molecule has 0 bridgehead atoms. The van der Waals surface area contributed by atoms with E-state index in [0.717, 1.165) is 17.5 Å². The summed E-state index contributed by atoms with van der Waals surface area (Å²) in [7, 11) is -3.94. The summed E-state index contributed by atoms with van der Waals surface area (Å²) in [6, 6.07) is 7.38. The number of carbonyl (C=O) groups is 1. The van der Waals surface area contributed by atoms with Gasteiger partial charge in [0.2, 0.25) is 0 Å². The van der Waals surface area contributed by atoms with E-state index >= 15 is 0 Å². The molecule has 21 heavy (non-hydrogen) atoms. The number of benzene rings is 1. The number of hydrogen-bond acceptors (Lipinski definition) is 5. The molecular weight excluding hydrogens is 294 g/mol. The summed E-state index contributed by atoms with van der Waals surface area (Å²) in [5, 5.41) is 0. The molecule has 1 amide bonds. The molecule has 0 saturated heterocycles. The van der Waals surface area contributed by atoms with Gasteiger partial charge in [0, 0.05) is 6.54 Å². The molecule has 4 N–H and O–H groups in total. The Hall–Kier alpha value is -1.64. The van der Waals surface area contributed by atoms with Gasteiger partial charge in [-0.05, 0) is 37.9 Å². The Labute approximate surface area is 125 Å². The fourth-order valence-electron chi connectivity index (χ4n) is 1.55. The van der Waals surface area contributed by atoms with Gasteiger partial charge < -0.3 is 10.5 Å². The summed E-state index contributed by atoms with van der Waals surface area (Å²) in [6.45, 7) is 3.89. The summed E-state index contributed by atoms with van der Waals surface area (Å²) >= 11 is 0. The predicted octanol–water partition coefficient (Wildman–Crippen LogP) is 0.657. The van der Waals surface area contributed by atoms with Crippen LogP contribution in [0.3, 0.4) is 0 Å². The third kappa shape index (κ3) is 7.07. The molecule has 1 aromatic carbocycles. The summed E-state index contributed by atoms with van der Waals surface area (Å²) in [5.41, 5.74) is 7.31. The van der Waals surface area contributed by atoms with Crippen molar-refractivity contribution in [1.82, 2.24) is 9.44 Å². The molecule has 0 spiro atoms. The fourth-order valence-corrected chi connectivity index (χ4v) is 2.25. The van der Waals surface area contributed by atoms with Gasteiger partial charge in [-0.3, -0.25) is 0 Å². The molecule has 0 fully saturated rings. The molecule has 0 atom stereocenters. The zero-order chi connectivity index (χ0) is 15.9. The lowest BCUT2D eigenvalue weighted by Crippen LogP contribution is -2.40. The van der Waals surface area contributed by atoms with E-state index in [1.807, 2.05) is 12.1 Å². The molecule has 0 saturated carbocycles. The third-order valence-corrected chi connectivity index (χ3v) is 3.44. The van der Waals surface area contributed by atoms with Crippen molar-refractivity contribution in [3.8, 4) is 0 Å². The van der Waals surface area contributed by atoms with E-state index in [4.69, 9.17) is 10.5 Å². The molecule has 0 unspecified atom stereocenters. The van der Waals surface area contributed by atoms with Crippen LogP contribution in [0.4, 0.5) is 4.79 Å². The van der Waals surface area contributed by atoms with Gasteiger partial charge in [0.15, 0.2) is 0 Å². The van der Waals surface area contributed by atoms with Gasteiger partial charge in [0.25, 0.3) is 0 Å². The quantitative estimate of drug-likeness (QED) is 0.684. The average Bonchev–Trinajstić information content (AvgIpc) is 2.36. The second-order valence-electron chi connectivity index (χ2n) is 4.74. The smallest absolute Gasteiger partial charge is 0.422 e. The van der Waals surface area contributed by atoms with Gasteiger partial charge in [-0.2, -0.15) is 13.1 Å². The van der Waals surface area contributed by atoms with Crippen LogP contribution >= 0.6 is 0 Å². The van der Waals surface area contributed by atoms with Crippen LogP contribution < -0.4 is 15.2 Å². The molecule has 118 valence electrons. The normalized spacial score (nSPS) is 11.4. The SMILES string of the molecule is CC(C)OC(=O)NS(=O)(=O)NCc1ccc(CCN)cc1. The Morgan fingerprint density at radius 2 is 1.81 bits per heavy atom. The summed E-state index contributed by atoms with van der Waals surface area (Å²) in [4.78, 5) is 11.2. The lowest BCUT2D eigenvalue weighted by atomic mass is 10.1. The summed E-state index contributed by atoms with van der Waals surface area (Å²) in [5.74, 6) is 0. The van der Waals surface area contributed by atoms with E-state index in [-0.39, 0.29) is 6.54 Å². The van der Waals surface area contributed by atoms with Crippen molar-refractivity contribution in [2.45, 2.75) is 32.9 Å². The van der Waals surface area contributed by atoms with E-state index in [9.17, 15) is 13.2 Å². The number of ether oxygens (including phenoxy) is 1. The Kier molecular flexibility index (Phi) is 6.60. The standard InChI is InChI=1S/C13H21N3O4S/c1-10(2)20-13(17)16-21(18,19)15-9-12-5-3-11(4-6-12)7-8-14/h3-6,10,15H,7-9,14H2,1-2H3,(H,16,17). The number of rotatable bonds is 7. The second-order valence-corrected chi connectivity index (χ2v) is 6.24.